The number of carbonyl (C=O) groups is 1. The van der Waals surface area contributed by atoms with Crippen molar-refractivity contribution in [3.8, 4) is 0 Å². The van der Waals surface area contributed by atoms with Crippen LogP contribution in [0.15, 0.2) is 28.7 Å². The molecular formula is C10H10BrNO2. The van der Waals surface area contributed by atoms with Crippen LogP contribution in [0, 0.1) is 0 Å². The lowest BCUT2D eigenvalue weighted by Crippen LogP contribution is -2.24. The highest BCUT2D eigenvalue weighted by Gasteiger charge is 2.30. The van der Waals surface area contributed by atoms with E-state index in [2.05, 4.69) is 15.9 Å². The minimum atomic E-state index is -0.274. The van der Waals surface area contributed by atoms with Crippen molar-refractivity contribution in [3.05, 3.63) is 28.7 Å². The standard InChI is InChI=1S/C10H10BrNO2/c1-7-6-12(10(13)14-7)9-5-3-2-4-8(9)11/h2-5,7H,6H2,1H3. The zero-order valence-electron chi connectivity index (χ0n) is 7.74. The van der Waals surface area contributed by atoms with Crippen LogP contribution in [0.1, 0.15) is 6.92 Å². The topological polar surface area (TPSA) is 29.5 Å². The van der Waals surface area contributed by atoms with Crippen LogP contribution >= 0.6 is 15.9 Å². The van der Waals surface area contributed by atoms with Crippen molar-refractivity contribution in [2.24, 2.45) is 0 Å². The highest BCUT2D eigenvalue weighted by molar-refractivity contribution is 9.10. The molecule has 1 aliphatic rings. The summed E-state index contributed by atoms with van der Waals surface area (Å²) in [6.45, 7) is 2.50. The maximum Gasteiger partial charge on any atom is 0.414 e. The molecule has 4 heteroatoms. The molecule has 1 unspecified atom stereocenters. The van der Waals surface area contributed by atoms with Gasteiger partial charge in [0.15, 0.2) is 0 Å². The highest BCUT2D eigenvalue weighted by Crippen LogP contribution is 2.28. The van der Waals surface area contributed by atoms with E-state index in [0.29, 0.717) is 6.54 Å². The van der Waals surface area contributed by atoms with Crippen LogP contribution in [0.4, 0.5) is 10.5 Å². The first-order valence-corrected chi connectivity index (χ1v) is 5.20. The number of hydrogen-bond donors (Lipinski definition) is 0. The molecule has 0 spiro atoms. The van der Waals surface area contributed by atoms with Crippen LogP contribution in [0.25, 0.3) is 0 Å². The molecule has 0 radical (unpaired) electrons. The minimum absolute atomic E-state index is 0.0328. The van der Waals surface area contributed by atoms with E-state index in [1.807, 2.05) is 31.2 Å². The van der Waals surface area contributed by atoms with Gasteiger partial charge in [0.1, 0.15) is 6.10 Å². The summed E-state index contributed by atoms with van der Waals surface area (Å²) in [5.74, 6) is 0. The average Bonchev–Trinajstić information content (AvgIpc) is 2.46. The van der Waals surface area contributed by atoms with Crippen molar-refractivity contribution < 1.29 is 9.53 Å². The number of cyclic esters (lactones) is 1. The zero-order chi connectivity index (χ0) is 10.1. The lowest BCUT2D eigenvalue weighted by atomic mass is 10.3. The average molecular weight is 256 g/mol. The van der Waals surface area contributed by atoms with Gasteiger partial charge in [-0.25, -0.2) is 4.79 Å². The van der Waals surface area contributed by atoms with Gasteiger partial charge in [-0.3, -0.25) is 4.90 Å². The van der Waals surface area contributed by atoms with Crippen LogP contribution in [-0.2, 0) is 4.74 Å². The molecule has 0 aromatic heterocycles. The van der Waals surface area contributed by atoms with E-state index < -0.39 is 0 Å². The Bertz CT molecular complexity index is 367. The van der Waals surface area contributed by atoms with E-state index in [0.717, 1.165) is 10.2 Å². The van der Waals surface area contributed by atoms with Gasteiger partial charge in [-0.2, -0.15) is 0 Å². The summed E-state index contributed by atoms with van der Waals surface area (Å²) in [4.78, 5) is 13.1. The molecule has 1 fully saturated rings. The van der Waals surface area contributed by atoms with Crippen molar-refractivity contribution in [1.82, 2.24) is 0 Å². The number of carbonyl (C=O) groups excluding carboxylic acids is 1. The van der Waals surface area contributed by atoms with Gasteiger partial charge in [-0.15, -0.1) is 0 Å². The Morgan fingerprint density at radius 2 is 2.21 bits per heavy atom. The van der Waals surface area contributed by atoms with Gasteiger partial charge in [-0.1, -0.05) is 12.1 Å². The Balaban J connectivity index is 2.32. The molecule has 1 aromatic rings. The number of nitrogens with zero attached hydrogens (tertiary/aromatic N) is 1. The maximum atomic E-state index is 11.4. The second kappa shape index (κ2) is 3.61. The molecular weight excluding hydrogens is 246 g/mol. The highest BCUT2D eigenvalue weighted by atomic mass is 79.9. The first kappa shape index (κ1) is 9.52. The van der Waals surface area contributed by atoms with Gasteiger partial charge in [0, 0.05) is 4.47 Å². The number of anilines is 1. The lowest BCUT2D eigenvalue weighted by Gasteiger charge is -2.13. The Labute approximate surface area is 90.8 Å². The van der Waals surface area contributed by atoms with E-state index in [-0.39, 0.29) is 12.2 Å². The molecule has 0 aliphatic carbocycles. The monoisotopic (exact) mass is 255 g/mol. The fraction of sp³-hybridized carbons (Fsp3) is 0.300. The van der Waals surface area contributed by atoms with E-state index in [4.69, 9.17) is 4.74 Å². The van der Waals surface area contributed by atoms with Gasteiger partial charge in [0.05, 0.1) is 12.2 Å². The first-order chi connectivity index (χ1) is 6.68. The Hall–Kier alpha value is -1.03. The molecule has 14 heavy (non-hydrogen) atoms. The van der Waals surface area contributed by atoms with E-state index in [1.54, 1.807) is 4.90 Å². The first-order valence-electron chi connectivity index (χ1n) is 4.41. The number of ether oxygens (including phenoxy) is 1. The maximum absolute atomic E-state index is 11.4. The molecule has 0 saturated carbocycles. The fourth-order valence-electron chi connectivity index (χ4n) is 1.47. The third kappa shape index (κ3) is 1.62. The van der Waals surface area contributed by atoms with Gasteiger partial charge in [-0.05, 0) is 35.0 Å². The molecule has 1 amide bonds. The van der Waals surface area contributed by atoms with Gasteiger partial charge in [0.25, 0.3) is 0 Å². The molecule has 1 aliphatic heterocycles. The summed E-state index contributed by atoms with van der Waals surface area (Å²) in [6.07, 6.45) is -0.306. The predicted octanol–water partition coefficient (Wildman–Crippen LogP) is 2.79. The quantitative estimate of drug-likeness (QED) is 0.773. The van der Waals surface area contributed by atoms with Crippen molar-refractivity contribution in [3.63, 3.8) is 0 Å². The SMILES string of the molecule is CC1CN(c2ccccc2Br)C(=O)O1. The summed E-state index contributed by atoms with van der Waals surface area (Å²) >= 11 is 3.40. The molecule has 1 atom stereocenters. The molecule has 3 nitrogen and oxygen atoms in total. The molecule has 2 rings (SSSR count). The van der Waals surface area contributed by atoms with Crippen LogP contribution < -0.4 is 4.90 Å². The Morgan fingerprint density at radius 3 is 2.79 bits per heavy atom. The normalized spacial score (nSPS) is 21.1. The summed E-state index contributed by atoms with van der Waals surface area (Å²) in [5, 5.41) is 0. The lowest BCUT2D eigenvalue weighted by molar-refractivity contribution is 0.150. The van der Waals surface area contributed by atoms with Crippen LogP contribution in [0.5, 0.6) is 0 Å². The van der Waals surface area contributed by atoms with Crippen LogP contribution in [0.2, 0.25) is 0 Å². The summed E-state index contributed by atoms with van der Waals surface area (Å²) < 4.78 is 5.96. The fourth-order valence-corrected chi connectivity index (χ4v) is 1.97. The van der Waals surface area contributed by atoms with E-state index in [9.17, 15) is 4.79 Å². The van der Waals surface area contributed by atoms with Crippen LogP contribution in [0.3, 0.4) is 0 Å². The van der Waals surface area contributed by atoms with Crippen molar-refractivity contribution >= 4 is 27.7 Å². The number of halogens is 1. The van der Waals surface area contributed by atoms with Crippen LogP contribution in [-0.4, -0.2) is 18.7 Å². The second-order valence-electron chi connectivity index (χ2n) is 3.26. The number of benzene rings is 1. The minimum Gasteiger partial charge on any atom is -0.444 e. The Kier molecular flexibility index (Phi) is 2.46. The molecule has 1 heterocycles. The second-order valence-corrected chi connectivity index (χ2v) is 4.11. The predicted molar refractivity (Wildman–Crippen MR) is 57.4 cm³/mol. The number of para-hydroxylation sites is 1. The number of hydrogen-bond acceptors (Lipinski definition) is 2. The molecule has 1 saturated heterocycles. The van der Waals surface area contributed by atoms with Gasteiger partial charge >= 0.3 is 6.09 Å². The van der Waals surface area contributed by atoms with Crippen molar-refractivity contribution in [2.75, 3.05) is 11.4 Å². The third-order valence-corrected chi connectivity index (χ3v) is 2.78. The number of amides is 1. The molecule has 0 bridgehead atoms. The van der Waals surface area contributed by atoms with E-state index in [1.165, 1.54) is 0 Å². The Morgan fingerprint density at radius 1 is 1.50 bits per heavy atom. The summed E-state index contributed by atoms with van der Waals surface area (Å²) in [5.41, 5.74) is 0.863. The zero-order valence-corrected chi connectivity index (χ0v) is 9.32. The summed E-state index contributed by atoms with van der Waals surface area (Å²) in [7, 11) is 0. The molecule has 1 aromatic carbocycles. The summed E-state index contributed by atoms with van der Waals surface area (Å²) in [6, 6.07) is 7.61. The number of rotatable bonds is 1. The van der Waals surface area contributed by atoms with E-state index >= 15 is 0 Å². The van der Waals surface area contributed by atoms with Gasteiger partial charge in [0.2, 0.25) is 0 Å². The smallest absolute Gasteiger partial charge is 0.414 e. The van der Waals surface area contributed by atoms with Gasteiger partial charge < -0.3 is 4.74 Å². The van der Waals surface area contributed by atoms with Crippen molar-refractivity contribution in [2.45, 2.75) is 13.0 Å². The largest absolute Gasteiger partial charge is 0.444 e. The third-order valence-electron chi connectivity index (χ3n) is 2.11. The molecule has 0 N–H and O–H groups in total. The molecule has 74 valence electrons. The van der Waals surface area contributed by atoms with Crippen molar-refractivity contribution in [1.29, 1.82) is 0 Å².